The monoisotopic (exact) mass is 446 g/mol. The number of anilines is 1. The second kappa shape index (κ2) is 10.9. The Labute approximate surface area is 200 Å². The van der Waals surface area contributed by atoms with E-state index >= 15 is 0 Å². The van der Waals surface area contributed by atoms with E-state index in [-0.39, 0.29) is 5.41 Å². The van der Waals surface area contributed by atoms with E-state index in [1.165, 1.54) is 47.7 Å². The lowest BCUT2D eigenvalue weighted by atomic mass is 9.72. The largest absolute Gasteiger partial charge is 0.370 e. The third kappa shape index (κ3) is 4.62. The lowest BCUT2D eigenvalue weighted by molar-refractivity contribution is 0.0870. The number of carbonyl (C=O) groups is 1. The average molecular weight is 447 g/mol. The van der Waals surface area contributed by atoms with E-state index in [4.69, 9.17) is 0 Å². The molecule has 3 nitrogen and oxygen atoms in total. The van der Waals surface area contributed by atoms with Gasteiger partial charge in [-0.3, -0.25) is 9.69 Å². The van der Waals surface area contributed by atoms with Gasteiger partial charge in [0.1, 0.15) is 0 Å². The van der Waals surface area contributed by atoms with Crippen LogP contribution in [0.15, 0.2) is 43.0 Å². The molecule has 1 saturated heterocycles. The molecule has 1 aliphatic carbocycles. The Kier molecular flexibility index (Phi) is 7.90. The molecule has 178 valence electrons. The summed E-state index contributed by atoms with van der Waals surface area (Å²) in [6.45, 7) is 13.7. The van der Waals surface area contributed by atoms with E-state index in [2.05, 4.69) is 60.6 Å². The number of nitrogens with zero attached hydrogens (tertiary/aromatic N) is 2. The van der Waals surface area contributed by atoms with Crippen molar-refractivity contribution in [3.05, 3.63) is 54.1 Å². The van der Waals surface area contributed by atoms with Gasteiger partial charge in [-0.15, -0.1) is 6.58 Å². The van der Waals surface area contributed by atoms with E-state index in [9.17, 15) is 4.79 Å². The number of Topliss-reactive ketones (excluding diaryl/α,β-unsaturated/α-hetero) is 1. The number of ketones is 1. The van der Waals surface area contributed by atoms with Gasteiger partial charge in [-0.05, 0) is 36.3 Å². The molecule has 0 bridgehead atoms. The average Bonchev–Trinajstić information content (AvgIpc) is 2.96. The highest BCUT2D eigenvalue weighted by Crippen LogP contribution is 2.50. The molecule has 0 saturated carbocycles. The third-order valence-electron chi connectivity index (χ3n) is 7.94. The molecule has 1 fully saturated rings. The number of hydrogen-bond donors (Lipinski definition) is 0. The predicted octanol–water partition coefficient (Wildman–Crippen LogP) is 7.13. The molecule has 2 aliphatic rings. The molecule has 0 aromatic heterocycles. The van der Waals surface area contributed by atoms with Crippen molar-refractivity contribution in [1.29, 1.82) is 0 Å². The Bertz CT molecular complexity index is 969. The maximum atomic E-state index is 14.0. The molecular formula is C30H42N2O. The van der Waals surface area contributed by atoms with Gasteiger partial charge in [-0.1, -0.05) is 82.7 Å². The maximum Gasteiger partial charge on any atom is 0.174 e. The van der Waals surface area contributed by atoms with Crippen LogP contribution in [-0.4, -0.2) is 43.4 Å². The summed E-state index contributed by atoms with van der Waals surface area (Å²) in [6, 6.07) is 11.1. The molecule has 1 heterocycles. The molecule has 4 rings (SSSR count). The Morgan fingerprint density at radius 2 is 1.70 bits per heavy atom. The van der Waals surface area contributed by atoms with Crippen molar-refractivity contribution >= 4 is 22.2 Å². The standard InChI is InChI=1S/C30H42N2O/c1-4-7-9-17-30(18-10-8-5-2)26-15-16-27(24-13-11-14-25(28(24)26)29(30)33)32-21-12-20-31(19-6-3)22-23-32/h6,11,13-16H,3-5,7-10,12,17-23H2,1-2H3. The summed E-state index contributed by atoms with van der Waals surface area (Å²) in [4.78, 5) is 19.1. The van der Waals surface area contributed by atoms with Crippen LogP contribution in [-0.2, 0) is 5.41 Å². The number of benzene rings is 2. The number of carbonyl (C=O) groups excluding carboxylic acids is 1. The van der Waals surface area contributed by atoms with Crippen LogP contribution < -0.4 is 4.90 Å². The van der Waals surface area contributed by atoms with Gasteiger partial charge < -0.3 is 4.90 Å². The smallest absolute Gasteiger partial charge is 0.174 e. The quantitative estimate of drug-likeness (QED) is 0.271. The van der Waals surface area contributed by atoms with Gasteiger partial charge in [-0.25, -0.2) is 0 Å². The molecule has 0 atom stereocenters. The molecule has 1 aliphatic heterocycles. The first-order valence-corrected chi connectivity index (χ1v) is 13.4. The fraction of sp³-hybridized carbons (Fsp3) is 0.567. The Morgan fingerprint density at radius 1 is 0.939 bits per heavy atom. The van der Waals surface area contributed by atoms with Crippen LogP contribution in [0.4, 0.5) is 5.69 Å². The zero-order chi connectivity index (χ0) is 23.3. The SMILES string of the molecule is C=CCN1CCCN(c2ccc3c4c(cccc24)C(=O)C3(CCCCC)CCCCC)CC1. The van der Waals surface area contributed by atoms with E-state index < -0.39 is 0 Å². The van der Waals surface area contributed by atoms with E-state index in [1.54, 1.807) is 0 Å². The summed E-state index contributed by atoms with van der Waals surface area (Å²) < 4.78 is 0. The summed E-state index contributed by atoms with van der Waals surface area (Å²) >= 11 is 0. The molecule has 0 spiro atoms. The van der Waals surface area contributed by atoms with Crippen LogP contribution in [0.1, 0.15) is 87.6 Å². The minimum atomic E-state index is -0.315. The van der Waals surface area contributed by atoms with Crippen molar-refractivity contribution < 1.29 is 4.79 Å². The molecule has 2 aromatic rings. The fourth-order valence-corrected chi connectivity index (χ4v) is 6.19. The summed E-state index contributed by atoms with van der Waals surface area (Å²) in [6.07, 6.45) is 12.2. The molecule has 0 unspecified atom stereocenters. The summed E-state index contributed by atoms with van der Waals surface area (Å²) in [5.41, 5.74) is 3.28. The van der Waals surface area contributed by atoms with E-state index in [0.717, 1.165) is 70.4 Å². The molecular weight excluding hydrogens is 404 g/mol. The molecule has 33 heavy (non-hydrogen) atoms. The second-order valence-corrected chi connectivity index (χ2v) is 10.1. The van der Waals surface area contributed by atoms with Gasteiger partial charge in [-0.2, -0.15) is 0 Å². The van der Waals surface area contributed by atoms with Crippen LogP contribution in [0.25, 0.3) is 10.8 Å². The number of unbranched alkanes of at least 4 members (excludes halogenated alkanes) is 4. The van der Waals surface area contributed by atoms with Crippen LogP contribution in [0.3, 0.4) is 0 Å². The second-order valence-electron chi connectivity index (χ2n) is 10.1. The Balaban J connectivity index is 1.73. The molecule has 0 radical (unpaired) electrons. The number of hydrogen-bond acceptors (Lipinski definition) is 3. The highest BCUT2D eigenvalue weighted by Gasteiger charge is 2.46. The lowest BCUT2D eigenvalue weighted by Gasteiger charge is -2.30. The Hall–Kier alpha value is -2.13. The van der Waals surface area contributed by atoms with Crippen molar-refractivity contribution in [3.8, 4) is 0 Å². The van der Waals surface area contributed by atoms with Crippen molar-refractivity contribution in [3.63, 3.8) is 0 Å². The van der Waals surface area contributed by atoms with Crippen LogP contribution in [0, 0.1) is 0 Å². The summed E-state index contributed by atoms with van der Waals surface area (Å²) in [5.74, 6) is 0.389. The minimum Gasteiger partial charge on any atom is -0.370 e. The van der Waals surface area contributed by atoms with Crippen LogP contribution in [0.5, 0.6) is 0 Å². The van der Waals surface area contributed by atoms with E-state index in [0.29, 0.717) is 5.78 Å². The van der Waals surface area contributed by atoms with Crippen LogP contribution >= 0.6 is 0 Å². The Morgan fingerprint density at radius 3 is 2.39 bits per heavy atom. The molecule has 2 aromatic carbocycles. The van der Waals surface area contributed by atoms with Crippen molar-refractivity contribution in [2.45, 2.75) is 77.0 Å². The first-order chi connectivity index (χ1) is 16.2. The zero-order valence-corrected chi connectivity index (χ0v) is 20.9. The third-order valence-corrected chi connectivity index (χ3v) is 7.94. The van der Waals surface area contributed by atoms with Gasteiger partial charge in [0.05, 0.1) is 5.41 Å². The predicted molar refractivity (Wildman–Crippen MR) is 142 cm³/mol. The molecule has 3 heteroatoms. The topological polar surface area (TPSA) is 23.6 Å². The molecule has 0 amide bonds. The van der Waals surface area contributed by atoms with Gasteiger partial charge in [0.25, 0.3) is 0 Å². The van der Waals surface area contributed by atoms with Gasteiger partial charge in [0, 0.05) is 49.4 Å². The summed E-state index contributed by atoms with van der Waals surface area (Å²) in [7, 11) is 0. The van der Waals surface area contributed by atoms with E-state index in [1.807, 2.05) is 6.08 Å². The highest BCUT2D eigenvalue weighted by molar-refractivity contribution is 6.22. The maximum absolute atomic E-state index is 14.0. The number of rotatable bonds is 11. The minimum absolute atomic E-state index is 0.315. The van der Waals surface area contributed by atoms with Crippen molar-refractivity contribution in [2.75, 3.05) is 37.6 Å². The summed E-state index contributed by atoms with van der Waals surface area (Å²) in [5, 5.41) is 2.53. The molecule has 0 N–H and O–H groups in total. The fourth-order valence-electron chi connectivity index (χ4n) is 6.19. The first-order valence-electron chi connectivity index (χ1n) is 13.4. The van der Waals surface area contributed by atoms with Crippen LogP contribution in [0.2, 0.25) is 0 Å². The van der Waals surface area contributed by atoms with Gasteiger partial charge >= 0.3 is 0 Å². The zero-order valence-electron chi connectivity index (χ0n) is 20.9. The normalized spacial score (nSPS) is 18.1. The highest BCUT2D eigenvalue weighted by atomic mass is 16.1. The lowest BCUT2D eigenvalue weighted by Crippen LogP contribution is -2.32. The van der Waals surface area contributed by atoms with Gasteiger partial charge in [0.15, 0.2) is 5.78 Å². The van der Waals surface area contributed by atoms with Gasteiger partial charge in [0.2, 0.25) is 0 Å². The first kappa shape index (κ1) is 24.0. The van der Waals surface area contributed by atoms with Crippen molar-refractivity contribution in [1.82, 2.24) is 4.90 Å². The van der Waals surface area contributed by atoms with Crippen molar-refractivity contribution in [2.24, 2.45) is 0 Å².